The molecule has 0 bridgehead atoms. The minimum absolute atomic E-state index is 0.0490. The number of carboxylic acid groups (broad SMARTS) is 1. The van der Waals surface area contributed by atoms with Crippen molar-refractivity contribution in [3.63, 3.8) is 0 Å². The van der Waals surface area contributed by atoms with Crippen LogP contribution in [0.5, 0.6) is 0 Å². The van der Waals surface area contributed by atoms with E-state index in [1.165, 1.54) is 4.90 Å². The van der Waals surface area contributed by atoms with Gasteiger partial charge in [-0.05, 0) is 12.8 Å². The fraction of sp³-hybridized carbons (Fsp3) is 0.750. The van der Waals surface area contributed by atoms with Gasteiger partial charge >= 0.3 is 12.0 Å². The van der Waals surface area contributed by atoms with Gasteiger partial charge in [-0.3, -0.25) is 25.2 Å². The SMILES string of the molecule is NNC(CCC[C@@H]1SC[C@@H]2NC(=O)N(C(=O)CON)[C@@H]21)C(=O)O. The van der Waals surface area contributed by atoms with E-state index in [1.54, 1.807) is 11.8 Å². The number of hydrazine groups is 1. The van der Waals surface area contributed by atoms with Crippen molar-refractivity contribution in [2.45, 2.75) is 42.6 Å². The van der Waals surface area contributed by atoms with Crippen molar-refractivity contribution in [1.82, 2.24) is 15.6 Å². The van der Waals surface area contributed by atoms with Crippen molar-refractivity contribution >= 4 is 29.7 Å². The van der Waals surface area contributed by atoms with E-state index in [-0.39, 0.29) is 23.9 Å². The molecule has 0 aromatic heterocycles. The zero-order valence-electron chi connectivity index (χ0n) is 12.4. The number of imide groups is 1. The Labute approximate surface area is 137 Å². The van der Waals surface area contributed by atoms with E-state index >= 15 is 0 Å². The first-order valence-electron chi connectivity index (χ1n) is 7.24. The molecule has 2 heterocycles. The second-order valence-electron chi connectivity index (χ2n) is 5.48. The number of hydrogen-bond donors (Lipinski definition) is 5. The Morgan fingerprint density at radius 2 is 2.30 bits per heavy atom. The average molecular weight is 347 g/mol. The number of carbonyl (C=O) groups is 3. The van der Waals surface area contributed by atoms with E-state index in [0.29, 0.717) is 25.0 Å². The van der Waals surface area contributed by atoms with Crippen LogP contribution in [0.15, 0.2) is 0 Å². The summed E-state index contributed by atoms with van der Waals surface area (Å²) in [5.41, 5.74) is 2.26. The third kappa shape index (κ3) is 3.93. The van der Waals surface area contributed by atoms with Crippen molar-refractivity contribution in [3.8, 4) is 0 Å². The second-order valence-corrected chi connectivity index (χ2v) is 6.75. The molecule has 0 radical (unpaired) electrons. The van der Waals surface area contributed by atoms with Gasteiger partial charge in [0.25, 0.3) is 5.91 Å². The number of amides is 3. The summed E-state index contributed by atoms with van der Waals surface area (Å²) in [4.78, 5) is 40.4. The quantitative estimate of drug-likeness (QED) is 0.197. The van der Waals surface area contributed by atoms with E-state index in [4.69, 9.17) is 16.8 Å². The molecular formula is C12H21N5O5S. The number of rotatable bonds is 8. The van der Waals surface area contributed by atoms with Crippen LogP contribution < -0.4 is 22.5 Å². The van der Waals surface area contributed by atoms with E-state index < -0.39 is 23.9 Å². The van der Waals surface area contributed by atoms with Gasteiger partial charge in [0.1, 0.15) is 12.6 Å². The monoisotopic (exact) mass is 347 g/mol. The van der Waals surface area contributed by atoms with Crippen molar-refractivity contribution in [1.29, 1.82) is 0 Å². The van der Waals surface area contributed by atoms with Gasteiger partial charge in [0.15, 0.2) is 0 Å². The predicted molar refractivity (Wildman–Crippen MR) is 81.9 cm³/mol. The highest BCUT2D eigenvalue weighted by molar-refractivity contribution is 8.00. The molecule has 11 heteroatoms. The first-order chi connectivity index (χ1) is 11.0. The number of nitrogens with two attached hydrogens (primary N) is 2. The predicted octanol–water partition coefficient (Wildman–Crippen LogP) is -1.63. The average Bonchev–Trinajstić information content (AvgIpc) is 3.01. The third-order valence-electron chi connectivity index (χ3n) is 4.07. The zero-order valence-corrected chi connectivity index (χ0v) is 13.3. The number of nitrogens with zero attached hydrogens (tertiary/aromatic N) is 1. The molecule has 2 saturated heterocycles. The van der Waals surface area contributed by atoms with Crippen LogP contribution in [0.3, 0.4) is 0 Å². The number of fused-ring (bicyclic) bond motifs is 1. The molecule has 0 spiro atoms. The lowest BCUT2D eigenvalue weighted by atomic mass is 10.0. The van der Waals surface area contributed by atoms with Gasteiger partial charge < -0.3 is 10.4 Å². The molecule has 4 atom stereocenters. The van der Waals surface area contributed by atoms with Crippen LogP contribution in [0.1, 0.15) is 19.3 Å². The van der Waals surface area contributed by atoms with Gasteiger partial charge in [0, 0.05) is 11.0 Å². The van der Waals surface area contributed by atoms with Gasteiger partial charge in [0.05, 0.1) is 12.1 Å². The van der Waals surface area contributed by atoms with Gasteiger partial charge in [0.2, 0.25) is 0 Å². The Morgan fingerprint density at radius 1 is 1.57 bits per heavy atom. The van der Waals surface area contributed by atoms with Gasteiger partial charge in [-0.15, -0.1) is 0 Å². The molecule has 0 aliphatic carbocycles. The fourth-order valence-electron chi connectivity index (χ4n) is 3.00. The maximum atomic E-state index is 12.0. The molecule has 0 saturated carbocycles. The van der Waals surface area contributed by atoms with Gasteiger partial charge in [-0.25, -0.2) is 16.1 Å². The summed E-state index contributed by atoms with van der Waals surface area (Å²) < 4.78 is 0. The maximum absolute atomic E-state index is 12.0. The summed E-state index contributed by atoms with van der Waals surface area (Å²) in [6.45, 7) is -0.355. The first-order valence-corrected chi connectivity index (χ1v) is 8.29. The Morgan fingerprint density at radius 3 is 2.91 bits per heavy atom. The Bertz CT molecular complexity index is 479. The van der Waals surface area contributed by atoms with Crippen LogP contribution in [-0.4, -0.2) is 63.6 Å². The molecule has 0 aromatic rings. The van der Waals surface area contributed by atoms with Crippen molar-refractivity contribution in [3.05, 3.63) is 0 Å². The molecule has 7 N–H and O–H groups in total. The van der Waals surface area contributed by atoms with Crippen molar-refractivity contribution < 1.29 is 24.3 Å². The number of hydrogen-bond acceptors (Lipinski definition) is 8. The lowest BCUT2D eigenvalue weighted by Gasteiger charge is -2.25. The maximum Gasteiger partial charge on any atom is 0.324 e. The van der Waals surface area contributed by atoms with Crippen LogP contribution >= 0.6 is 11.8 Å². The summed E-state index contributed by atoms with van der Waals surface area (Å²) in [7, 11) is 0. The molecule has 23 heavy (non-hydrogen) atoms. The standard InChI is InChI=1S/C12H21N5O5S/c13-16-6(11(19)20)2-1-3-8-10-7(5-23-8)15-12(21)17(10)9(18)4-22-14/h6-8,10,16H,1-5,13-14H2,(H,15,21)(H,19,20)/t6?,7-,8-,10-/m0/s1. The topological polar surface area (TPSA) is 160 Å². The summed E-state index contributed by atoms with van der Waals surface area (Å²) >= 11 is 1.66. The van der Waals surface area contributed by atoms with Crippen LogP contribution in [0.25, 0.3) is 0 Å². The third-order valence-corrected chi connectivity index (χ3v) is 5.56. The Hall–Kier alpha value is -1.40. The zero-order chi connectivity index (χ0) is 17.0. The molecule has 10 nitrogen and oxygen atoms in total. The Kier molecular flexibility index (Phi) is 6.18. The highest BCUT2D eigenvalue weighted by atomic mass is 32.2. The van der Waals surface area contributed by atoms with Crippen LogP contribution in [0.2, 0.25) is 0 Å². The molecular weight excluding hydrogens is 326 g/mol. The molecule has 2 fully saturated rings. The molecule has 3 amide bonds. The molecule has 2 aliphatic heterocycles. The minimum atomic E-state index is -1.00. The largest absolute Gasteiger partial charge is 0.480 e. The molecule has 1 unspecified atom stereocenters. The second kappa shape index (κ2) is 7.93. The summed E-state index contributed by atoms with van der Waals surface area (Å²) in [5.74, 6) is 9.35. The summed E-state index contributed by atoms with van der Waals surface area (Å²) in [5, 5.41) is 11.8. The molecule has 2 rings (SSSR count). The molecule has 0 aromatic carbocycles. The van der Waals surface area contributed by atoms with E-state index in [1.807, 2.05) is 0 Å². The van der Waals surface area contributed by atoms with Crippen LogP contribution in [-0.2, 0) is 14.4 Å². The Balaban J connectivity index is 1.94. The van der Waals surface area contributed by atoms with E-state index in [0.717, 1.165) is 0 Å². The lowest BCUT2D eigenvalue weighted by Crippen LogP contribution is -2.46. The van der Waals surface area contributed by atoms with Crippen LogP contribution in [0, 0.1) is 0 Å². The number of thioether (sulfide) groups is 1. The smallest absolute Gasteiger partial charge is 0.324 e. The highest BCUT2D eigenvalue weighted by Crippen LogP contribution is 2.37. The van der Waals surface area contributed by atoms with Crippen molar-refractivity contribution in [2.24, 2.45) is 11.7 Å². The van der Waals surface area contributed by atoms with Crippen molar-refractivity contribution in [2.75, 3.05) is 12.4 Å². The van der Waals surface area contributed by atoms with Gasteiger partial charge in [-0.1, -0.05) is 6.42 Å². The number of urea groups is 1. The van der Waals surface area contributed by atoms with Crippen LogP contribution in [0.4, 0.5) is 4.79 Å². The first kappa shape index (κ1) is 17.9. The number of carboxylic acids is 1. The molecule has 2 aliphatic rings. The van der Waals surface area contributed by atoms with Gasteiger partial charge in [-0.2, -0.15) is 11.8 Å². The number of carbonyl (C=O) groups excluding carboxylic acids is 2. The number of nitrogens with one attached hydrogen (secondary N) is 2. The summed E-state index contributed by atoms with van der Waals surface area (Å²) in [6, 6.07) is -1.59. The molecule has 130 valence electrons. The lowest BCUT2D eigenvalue weighted by molar-refractivity contribution is -0.139. The minimum Gasteiger partial charge on any atom is -0.480 e. The number of aliphatic carboxylic acids is 1. The van der Waals surface area contributed by atoms with E-state index in [9.17, 15) is 14.4 Å². The van der Waals surface area contributed by atoms with E-state index in [2.05, 4.69) is 15.6 Å². The summed E-state index contributed by atoms with van der Waals surface area (Å²) in [6.07, 6.45) is 1.67. The normalized spacial score (nSPS) is 27.7. The fourth-order valence-corrected chi connectivity index (χ4v) is 4.57. The highest BCUT2D eigenvalue weighted by Gasteiger charge is 2.50.